The number of nitrogens with zero attached hydrogens (tertiary/aromatic N) is 2. The Balaban J connectivity index is 1.44. The quantitative estimate of drug-likeness (QED) is 0.763. The molecule has 128 valence electrons. The van der Waals surface area contributed by atoms with Crippen LogP contribution < -0.4 is 5.32 Å². The minimum absolute atomic E-state index is 0.129. The highest BCUT2D eigenvalue weighted by Crippen LogP contribution is 2.31. The normalized spacial score (nSPS) is 16.0. The molecule has 1 N–H and O–H groups in total. The number of carbonyl (C=O) groups excluding carboxylic acids is 1. The fourth-order valence-corrected chi connectivity index (χ4v) is 4.27. The minimum Gasteiger partial charge on any atom is -0.331 e. The number of amides is 2. The van der Waals surface area contributed by atoms with E-state index in [0.717, 1.165) is 39.2 Å². The lowest BCUT2D eigenvalue weighted by molar-refractivity contribution is 0.202. The average molecular weight is 355 g/mol. The molecule has 1 unspecified atom stereocenters. The maximum absolute atomic E-state index is 13.5. The molecule has 1 aromatic heterocycles. The van der Waals surface area contributed by atoms with Gasteiger partial charge in [-0.2, -0.15) is 0 Å². The summed E-state index contributed by atoms with van der Waals surface area (Å²) in [5, 5.41) is 3.91. The second kappa shape index (κ2) is 6.44. The van der Waals surface area contributed by atoms with Crippen LogP contribution in [0.15, 0.2) is 42.5 Å². The van der Waals surface area contributed by atoms with E-state index in [2.05, 4.69) is 10.3 Å². The Morgan fingerprint density at radius 3 is 3.04 bits per heavy atom. The van der Waals surface area contributed by atoms with Gasteiger partial charge in [0.1, 0.15) is 10.8 Å². The fourth-order valence-electron chi connectivity index (χ4n) is 3.24. The molecule has 2 amide bonds. The van der Waals surface area contributed by atoms with Crippen LogP contribution in [0.1, 0.15) is 28.6 Å². The standard InChI is InChI=1S/C19H18FN3OS/c1-23(11-18-21-16-4-2-3-5-17(16)25-18)19(24)22-15-9-7-12-6-8-13(20)10-14(12)15/h2-6,8,10,15H,7,9,11H2,1H3,(H,22,24). The zero-order valence-electron chi connectivity index (χ0n) is 13.8. The number of para-hydroxylation sites is 1. The van der Waals surface area contributed by atoms with Gasteiger partial charge in [0.25, 0.3) is 0 Å². The van der Waals surface area contributed by atoms with Crippen molar-refractivity contribution in [3.63, 3.8) is 0 Å². The van der Waals surface area contributed by atoms with Crippen molar-refractivity contribution in [2.45, 2.75) is 25.4 Å². The molecular weight excluding hydrogens is 337 g/mol. The van der Waals surface area contributed by atoms with Gasteiger partial charge in [0.15, 0.2) is 0 Å². The number of hydrogen-bond acceptors (Lipinski definition) is 3. The first kappa shape index (κ1) is 16.0. The first-order chi connectivity index (χ1) is 12.1. The van der Waals surface area contributed by atoms with Gasteiger partial charge in [-0.3, -0.25) is 0 Å². The van der Waals surface area contributed by atoms with Crippen LogP contribution in [-0.4, -0.2) is 23.0 Å². The first-order valence-electron chi connectivity index (χ1n) is 8.24. The van der Waals surface area contributed by atoms with Crippen LogP contribution in [-0.2, 0) is 13.0 Å². The van der Waals surface area contributed by atoms with Gasteiger partial charge in [0, 0.05) is 7.05 Å². The summed E-state index contributed by atoms with van der Waals surface area (Å²) < 4.78 is 14.6. The van der Waals surface area contributed by atoms with E-state index in [4.69, 9.17) is 0 Å². The number of benzene rings is 2. The van der Waals surface area contributed by atoms with Gasteiger partial charge in [-0.25, -0.2) is 14.2 Å². The van der Waals surface area contributed by atoms with E-state index in [1.54, 1.807) is 23.3 Å². The van der Waals surface area contributed by atoms with E-state index >= 15 is 0 Å². The molecule has 1 aliphatic carbocycles. The number of aryl methyl sites for hydroxylation is 1. The maximum Gasteiger partial charge on any atom is 0.318 e. The number of thiazole rings is 1. The van der Waals surface area contributed by atoms with Crippen LogP contribution >= 0.6 is 11.3 Å². The molecule has 0 saturated heterocycles. The third-order valence-electron chi connectivity index (χ3n) is 4.54. The summed E-state index contributed by atoms with van der Waals surface area (Å²) >= 11 is 1.59. The molecule has 2 aromatic carbocycles. The van der Waals surface area contributed by atoms with Crippen LogP contribution in [0.4, 0.5) is 9.18 Å². The number of hydrogen-bond donors (Lipinski definition) is 1. The van der Waals surface area contributed by atoms with E-state index in [1.807, 2.05) is 30.3 Å². The van der Waals surface area contributed by atoms with E-state index in [1.165, 1.54) is 12.1 Å². The van der Waals surface area contributed by atoms with E-state index in [-0.39, 0.29) is 17.9 Å². The molecule has 0 aliphatic heterocycles. The molecule has 1 atom stereocenters. The Kier molecular flexibility index (Phi) is 4.13. The highest BCUT2D eigenvalue weighted by Gasteiger charge is 2.25. The highest BCUT2D eigenvalue weighted by atomic mass is 32.1. The Morgan fingerprint density at radius 1 is 1.36 bits per heavy atom. The number of carbonyl (C=O) groups is 1. The monoisotopic (exact) mass is 355 g/mol. The summed E-state index contributed by atoms with van der Waals surface area (Å²) in [5.74, 6) is -0.261. The van der Waals surface area contributed by atoms with Crippen molar-refractivity contribution in [2.24, 2.45) is 0 Å². The predicted molar refractivity (Wildman–Crippen MR) is 97.1 cm³/mol. The molecule has 4 rings (SSSR count). The Morgan fingerprint density at radius 2 is 2.20 bits per heavy atom. The van der Waals surface area contributed by atoms with Gasteiger partial charge < -0.3 is 10.2 Å². The van der Waals surface area contributed by atoms with Crippen LogP contribution in [0.3, 0.4) is 0 Å². The Labute approximate surface area is 149 Å². The molecule has 0 radical (unpaired) electrons. The maximum atomic E-state index is 13.5. The first-order valence-corrected chi connectivity index (χ1v) is 9.06. The van der Waals surface area contributed by atoms with Crippen molar-refractivity contribution in [1.29, 1.82) is 0 Å². The highest BCUT2D eigenvalue weighted by molar-refractivity contribution is 7.18. The van der Waals surface area contributed by atoms with Crippen molar-refractivity contribution >= 4 is 27.6 Å². The smallest absolute Gasteiger partial charge is 0.318 e. The Bertz CT molecular complexity index is 906. The third-order valence-corrected chi connectivity index (χ3v) is 5.56. The number of halogens is 1. The van der Waals surface area contributed by atoms with E-state index < -0.39 is 0 Å². The van der Waals surface area contributed by atoms with Crippen molar-refractivity contribution in [3.8, 4) is 0 Å². The zero-order valence-corrected chi connectivity index (χ0v) is 14.6. The largest absolute Gasteiger partial charge is 0.331 e. The van der Waals surface area contributed by atoms with Gasteiger partial charge in [-0.1, -0.05) is 18.2 Å². The third kappa shape index (κ3) is 3.22. The van der Waals surface area contributed by atoms with Gasteiger partial charge >= 0.3 is 6.03 Å². The SMILES string of the molecule is CN(Cc1nc2ccccc2s1)C(=O)NC1CCc2ccc(F)cc21. The van der Waals surface area contributed by atoms with Crippen LogP contribution in [0.2, 0.25) is 0 Å². The van der Waals surface area contributed by atoms with Gasteiger partial charge in [0.05, 0.1) is 22.8 Å². The second-order valence-corrected chi connectivity index (χ2v) is 7.43. The molecule has 1 aliphatic rings. The van der Waals surface area contributed by atoms with Crippen molar-refractivity contribution in [2.75, 3.05) is 7.05 Å². The van der Waals surface area contributed by atoms with Gasteiger partial charge in [-0.05, 0) is 48.2 Å². The van der Waals surface area contributed by atoms with Crippen molar-refractivity contribution in [1.82, 2.24) is 15.2 Å². The molecule has 0 bridgehead atoms. The summed E-state index contributed by atoms with van der Waals surface area (Å²) in [7, 11) is 1.75. The molecule has 0 saturated carbocycles. The summed E-state index contributed by atoms with van der Waals surface area (Å²) in [6.45, 7) is 0.452. The van der Waals surface area contributed by atoms with Crippen molar-refractivity contribution < 1.29 is 9.18 Å². The zero-order chi connectivity index (χ0) is 17.4. The molecule has 25 heavy (non-hydrogen) atoms. The molecule has 6 heteroatoms. The summed E-state index contributed by atoms with van der Waals surface area (Å²) in [6, 6.07) is 12.5. The summed E-state index contributed by atoms with van der Waals surface area (Å²) in [5.41, 5.74) is 2.96. The lowest BCUT2D eigenvalue weighted by atomic mass is 10.1. The molecule has 1 heterocycles. The van der Waals surface area contributed by atoms with Gasteiger partial charge in [-0.15, -0.1) is 11.3 Å². The molecule has 0 spiro atoms. The number of nitrogens with one attached hydrogen (secondary N) is 1. The number of urea groups is 1. The van der Waals surface area contributed by atoms with Crippen LogP contribution in [0.5, 0.6) is 0 Å². The predicted octanol–water partition coefficient (Wildman–Crippen LogP) is 4.26. The second-order valence-electron chi connectivity index (χ2n) is 6.32. The molecule has 0 fully saturated rings. The van der Waals surface area contributed by atoms with E-state index in [9.17, 15) is 9.18 Å². The molecule has 3 aromatic rings. The Hall–Kier alpha value is -2.47. The van der Waals surface area contributed by atoms with Crippen molar-refractivity contribution in [3.05, 3.63) is 64.4 Å². The number of rotatable bonds is 3. The van der Waals surface area contributed by atoms with Crippen LogP contribution in [0, 0.1) is 5.82 Å². The lowest BCUT2D eigenvalue weighted by Crippen LogP contribution is -2.38. The van der Waals surface area contributed by atoms with E-state index in [0.29, 0.717) is 6.54 Å². The molecule has 4 nitrogen and oxygen atoms in total. The van der Waals surface area contributed by atoms with Gasteiger partial charge in [0.2, 0.25) is 0 Å². The van der Waals surface area contributed by atoms with Crippen LogP contribution in [0.25, 0.3) is 10.2 Å². The summed E-state index contributed by atoms with van der Waals surface area (Å²) in [6.07, 6.45) is 1.67. The number of aromatic nitrogens is 1. The topological polar surface area (TPSA) is 45.2 Å². The molecular formula is C19H18FN3OS. The number of fused-ring (bicyclic) bond motifs is 2. The minimum atomic E-state index is -0.261. The lowest BCUT2D eigenvalue weighted by Gasteiger charge is -2.21. The average Bonchev–Trinajstić information content (AvgIpc) is 3.18. The fraction of sp³-hybridized carbons (Fsp3) is 0.263. The summed E-state index contributed by atoms with van der Waals surface area (Å²) in [4.78, 5) is 18.7.